The van der Waals surface area contributed by atoms with Crippen LogP contribution in [0.5, 0.6) is 0 Å². The first-order valence-corrected chi connectivity index (χ1v) is 6.94. The molecule has 0 aliphatic heterocycles. The van der Waals surface area contributed by atoms with Gasteiger partial charge in [0.2, 0.25) is 0 Å². The van der Waals surface area contributed by atoms with E-state index in [1.165, 1.54) is 0 Å². The molecule has 6 heteroatoms. The van der Waals surface area contributed by atoms with Gasteiger partial charge >= 0.3 is 6.03 Å². The summed E-state index contributed by atoms with van der Waals surface area (Å²) < 4.78 is 6.68. The van der Waals surface area contributed by atoms with Crippen molar-refractivity contribution in [2.75, 3.05) is 25.6 Å². The molecule has 0 atom stereocenters. The first-order valence-electron chi connectivity index (χ1n) is 6.94. The van der Waals surface area contributed by atoms with Gasteiger partial charge in [0, 0.05) is 32.7 Å². The van der Waals surface area contributed by atoms with E-state index in [0.29, 0.717) is 13.2 Å². The van der Waals surface area contributed by atoms with E-state index >= 15 is 0 Å². The molecular weight excluding hydrogens is 268 g/mol. The summed E-state index contributed by atoms with van der Waals surface area (Å²) in [6, 6.07) is 9.16. The molecule has 112 valence electrons. The SMILES string of the molecule is COCCCCNC(=O)Nc1ccccc1-n1cccn1. The Morgan fingerprint density at radius 2 is 2.14 bits per heavy atom. The van der Waals surface area contributed by atoms with Gasteiger partial charge in [-0.2, -0.15) is 5.10 Å². The Morgan fingerprint density at radius 1 is 1.29 bits per heavy atom. The summed E-state index contributed by atoms with van der Waals surface area (Å²) in [7, 11) is 1.67. The van der Waals surface area contributed by atoms with Crippen LogP contribution in [-0.4, -0.2) is 36.1 Å². The molecule has 2 aromatic rings. The molecular formula is C15H20N4O2. The number of benzene rings is 1. The van der Waals surface area contributed by atoms with Gasteiger partial charge in [-0.15, -0.1) is 0 Å². The van der Waals surface area contributed by atoms with Crippen molar-refractivity contribution >= 4 is 11.7 Å². The van der Waals surface area contributed by atoms with Gasteiger partial charge in [0.25, 0.3) is 0 Å². The number of urea groups is 1. The Labute approximate surface area is 124 Å². The van der Waals surface area contributed by atoms with Crippen LogP contribution >= 0.6 is 0 Å². The Kier molecular flexibility index (Phi) is 5.78. The summed E-state index contributed by atoms with van der Waals surface area (Å²) in [5.74, 6) is 0. The Morgan fingerprint density at radius 3 is 2.90 bits per heavy atom. The number of hydrogen-bond donors (Lipinski definition) is 2. The fourth-order valence-electron chi connectivity index (χ4n) is 1.93. The molecule has 0 saturated heterocycles. The number of para-hydroxylation sites is 2. The fourth-order valence-corrected chi connectivity index (χ4v) is 1.93. The zero-order chi connectivity index (χ0) is 14.9. The summed E-state index contributed by atoms with van der Waals surface area (Å²) in [5, 5.41) is 9.86. The number of anilines is 1. The molecule has 6 nitrogen and oxygen atoms in total. The zero-order valence-corrected chi connectivity index (χ0v) is 12.1. The molecule has 0 saturated carbocycles. The van der Waals surface area contributed by atoms with Crippen molar-refractivity contribution in [1.82, 2.24) is 15.1 Å². The molecule has 0 unspecified atom stereocenters. The highest BCUT2D eigenvalue weighted by Gasteiger charge is 2.07. The second-order valence-electron chi connectivity index (χ2n) is 4.55. The first kappa shape index (κ1) is 15.1. The lowest BCUT2D eigenvalue weighted by Crippen LogP contribution is -2.30. The van der Waals surface area contributed by atoms with Gasteiger partial charge in [-0.1, -0.05) is 12.1 Å². The number of amides is 2. The molecule has 0 aliphatic carbocycles. The molecule has 1 aromatic heterocycles. The van der Waals surface area contributed by atoms with Crippen molar-refractivity contribution < 1.29 is 9.53 Å². The van der Waals surface area contributed by atoms with Crippen molar-refractivity contribution in [3.63, 3.8) is 0 Å². The maximum atomic E-state index is 11.9. The highest BCUT2D eigenvalue weighted by Crippen LogP contribution is 2.18. The summed E-state index contributed by atoms with van der Waals surface area (Å²) >= 11 is 0. The fraction of sp³-hybridized carbons (Fsp3) is 0.333. The standard InChI is InChI=1S/C15H20N4O2/c1-21-12-5-4-9-16-15(20)18-13-7-2-3-8-14(13)19-11-6-10-17-19/h2-3,6-8,10-11H,4-5,9,12H2,1H3,(H2,16,18,20). The van der Waals surface area contributed by atoms with Gasteiger partial charge in [0.1, 0.15) is 0 Å². The number of ether oxygens (including phenoxy) is 1. The number of aromatic nitrogens is 2. The maximum absolute atomic E-state index is 11.9. The monoisotopic (exact) mass is 288 g/mol. The summed E-state index contributed by atoms with van der Waals surface area (Å²) in [4.78, 5) is 11.9. The lowest BCUT2D eigenvalue weighted by Gasteiger charge is -2.11. The summed E-state index contributed by atoms with van der Waals surface area (Å²) in [5.41, 5.74) is 1.55. The third-order valence-corrected chi connectivity index (χ3v) is 2.96. The number of carbonyl (C=O) groups excluding carboxylic acids is 1. The van der Waals surface area contributed by atoms with Crippen molar-refractivity contribution in [3.8, 4) is 5.69 Å². The van der Waals surface area contributed by atoms with E-state index in [1.54, 1.807) is 18.0 Å². The minimum Gasteiger partial charge on any atom is -0.385 e. The first-order chi connectivity index (χ1) is 10.3. The second kappa shape index (κ2) is 8.06. The van der Waals surface area contributed by atoms with E-state index in [-0.39, 0.29) is 6.03 Å². The van der Waals surface area contributed by atoms with Crippen LogP contribution in [0.15, 0.2) is 42.7 Å². The van der Waals surface area contributed by atoms with E-state index in [1.807, 2.05) is 36.5 Å². The lowest BCUT2D eigenvalue weighted by atomic mass is 10.2. The molecule has 21 heavy (non-hydrogen) atoms. The van der Waals surface area contributed by atoms with Gasteiger partial charge in [-0.3, -0.25) is 0 Å². The number of carbonyl (C=O) groups is 1. The lowest BCUT2D eigenvalue weighted by molar-refractivity contribution is 0.192. The number of methoxy groups -OCH3 is 1. The predicted octanol–water partition coefficient (Wildman–Crippen LogP) is 2.42. The third-order valence-electron chi connectivity index (χ3n) is 2.96. The van der Waals surface area contributed by atoms with Crippen LogP contribution < -0.4 is 10.6 Å². The Bertz CT molecular complexity index is 555. The summed E-state index contributed by atoms with van der Waals surface area (Å²) in [6.45, 7) is 1.34. The van der Waals surface area contributed by atoms with Gasteiger partial charge in [-0.25, -0.2) is 9.48 Å². The highest BCUT2D eigenvalue weighted by atomic mass is 16.5. The topological polar surface area (TPSA) is 68.2 Å². The van der Waals surface area contributed by atoms with Gasteiger partial charge < -0.3 is 15.4 Å². The van der Waals surface area contributed by atoms with Gasteiger partial charge in [0.15, 0.2) is 0 Å². The predicted molar refractivity (Wildman–Crippen MR) is 81.7 cm³/mol. The quantitative estimate of drug-likeness (QED) is 0.769. The highest BCUT2D eigenvalue weighted by molar-refractivity contribution is 5.91. The van der Waals surface area contributed by atoms with Crippen LogP contribution in [0.3, 0.4) is 0 Å². The molecule has 0 bridgehead atoms. The van der Waals surface area contributed by atoms with Crippen LogP contribution in [0.25, 0.3) is 5.69 Å². The maximum Gasteiger partial charge on any atom is 0.319 e. The smallest absolute Gasteiger partial charge is 0.319 e. The normalized spacial score (nSPS) is 10.3. The van der Waals surface area contributed by atoms with Gasteiger partial charge in [-0.05, 0) is 31.0 Å². The molecule has 0 radical (unpaired) electrons. The second-order valence-corrected chi connectivity index (χ2v) is 4.55. The molecule has 0 fully saturated rings. The van der Waals surface area contributed by atoms with E-state index in [2.05, 4.69) is 15.7 Å². The van der Waals surface area contributed by atoms with Crippen LogP contribution in [0.1, 0.15) is 12.8 Å². The van der Waals surface area contributed by atoms with Crippen LogP contribution in [0, 0.1) is 0 Å². The van der Waals surface area contributed by atoms with Crippen molar-refractivity contribution in [2.45, 2.75) is 12.8 Å². The molecule has 0 aliphatic rings. The average molecular weight is 288 g/mol. The zero-order valence-electron chi connectivity index (χ0n) is 12.1. The summed E-state index contributed by atoms with van der Waals surface area (Å²) in [6.07, 6.45) is 5.36. The number of rotatable bonds is 7. The third kappa shape index (κ3) is 4.61. The largest absolute Gasteiger partial charge is 0.385 e. The van der Waals surface area contributed by atoms with Gasteiger partial charge in [0.05, 0.1) is 11.4 Å². The van der Waals surface area contributed by atoms with Crippen molar-refractivity contribution in [1.29, 1.82) is 0 Å². The van der Waals surface area contributed by atoms with Crippen LogP contribution in [-0.2, 0) is 4.74 Å². The number of unbranched alkanes of at least 4 members (excludes halogenated alkanes) is 1. The number of nitrogens with zero attached hydrogens (tertiary/aromatic N) is 2. The van der Waals surface area contributed by atoms with Crippen molar-refractivity contribution in [2.24, 2.45) is 0 Å². The van der Waals surface area contributed by atoms with E-state index in [9.17, 15) is 4.79 Å². The Hall–Kier alpha value is -2.34. The molecule has 1 aromatic carbocycles. The molecule has 2 N–H and O–H groups in total. The number of nitrogens with one attached hydrogen (secondary N) is 2. The molecule has 0 spiro atoms. The van der Waals surface area contributed by atoms with E-state index in [0.717, 1.165) is 24.2 Å². The minimum atomic E-state index is -0.216. The van der Waals surface area contributed by atoms with E-state index < -0.39 is 0 Å². The van der Waals surface area contributed by atoms with Crippen LogP contribution in [0.4, 0.5) is 10.5 Å². The minimum absolute atomic E-state index is 0.216. The average Bonchev–Trinajstić information content (AvgIpc) is 3.02. The molecule has 2 rings (SSSR count). The van der Waals surface area contributed by atoms with Crippen molar-refractivity contribution in [3.05, 3.63) is 42.7 Å². The van der Waals surface area contributed by atoms with Crippen LogP contribution in [0.2, 0.25) is 0 Å². The molecule has 2 amide bonds. The number of hydrogen-bond acceptors (Lipinski definition) is 3. The van der Waals surface area contributed by atoms with E-state index in [4.69, 9.17) is 4.74 Å². The Balaban J connectivity index is 1.89. The molecule has 1 heterocycles.